The molecule has 1 aliphatic heterocycles. The summed E-state index contributed by atoms with van der Waals surface area (Å²) in [7, 11) is 0. The fourth-order valence-electron chi connectivity index (χ4n) is 2.44. The second-order valence-corrected chi connectivity index (χ2v) is 6.05. The summed E-state index contributed by atoms with van der Waals surface area (Å²) >= 11 is 11.9. The summed E-state index contributed by atoms with van der Waals surface area (Å²) in [6.45, 7) is 0.241. The Morgan fingerprint density at radius 1 is 1.22 bits per heavy atom. The molecule has 1 amide bonds. The highest BCUT2D eigenvalue weighted by Crippen LogP contribution is 2.22. The number of nitrogens with one attached hydrogen (secondary N) is 1. The van der Waals surface area contributed by atoms with Crippen molar-refractivity contribution in [3.05, 3.63) is 69.2 Å². The Morgan fingerprint density at radius 3 is 2.78 bits per heavy atom. The van der Waals surface area contributed by atoms with Crippen molar-refractivity contribution in [3.63, 3.8) is 0 Å². The van der Waals surface area contributed by atoms with Gasteiger partial charge in [0.2, 0.25) is 0 Å². The summed E-state index contributed by atoms with van der Waals surface area (Å²) in [5.41, 5.74) is 2.07. The molecule has 0 aromatic heterocycles. The van der Waals surface area contributed by atoms with E-state index in [9.17, 15) is 9.59 Å². The van der Waals surface area contributed by atoms with Crippen molar-refractivity contribution in [1.29, 1.82) is 0 Å². The molecule has 1 aliphatic rings. The molecule has 3 rings (SSSR count). The third-order valence-corrected chi connectivity index (χ3v) is 4.24. The number of amides is 1. The van der Waals surface area contributed by atoms with Gasteiger partial charge in [0.1, 0.15) is 0 Å². The van der Waals surface area contributed by atoms with Gasteiger partial charge in [0.05, 0.1) is 5.56 Å². The molecule has 23 heavy (non-hydrogen) atoms. The van der Waals surface area contributed by atoms with Crippen LogP contribution in [0.2, 0.25) is 10.0 Å². The second-order valence-electron chi connectivity index (χ2n) is 5.21. The predicted octanol–water partition coefficient (Wildman–Crippen LogP) is 3.39. The van der Waals surface area contributed by atoms with Gasteiger partial charge in [-0.1, -0.05) is 47.5 Å². The first-order valence-corrected chi connectivity index (χ1v) is 7.80. The van der Waals surface area contributed by atoms with Gasteiger partial charge in [-0.2, -0.15) is 0 Å². The van der Waals surface area contributed by atoms with E-state index in [0.29, 0.717) is 22.0 Å². The Labute approximate surface area is 143 Å². The molecule has 4 nitrogen and oxygen atoms in total. The first-order valence-electron chi connectivity index (χ1n) is 7.05. The molecule has 0 radical (unpaired) electrons. The van der Waals surface area contributed by atoms with Crippen LogP contribution >= 0.6 is 23.2 Å². The van der Waals surface area contributed by atoms with Crippen molar-refractivity contribution in [2.24, 2.45) is 0 Å². The molecule has 0 fully saturated rings. The summed E-state index contributed by atoms with van der Waals surface area (Å²) in [6, 6.07) is 12.2. The van der Waals surface area contributed by atoms with Gasteiger partial charge in [-0.3, -0.25) is 4.79 Å². The molecule has 1 N–H and O–H groups in total. The minimum Gasteiger partial charge on any atom is -0.448 e. The number of carbonyl (C=O) groups excluding carboxylic acids is 2. The van der Waals surface area contributed by atoms with Crippen LogP contribution in [0.4, 0.5) is 0 Å². The number of hydrogen-bond donors (Lipinski definition) is 1. The largest absolute Gasteiger partial charge is 0.448 e. The zero-order valence-corrected chi connectivity index (χ0v) is 13.5. The molecule has 6 heteroatoms. The lowest BCUT2D eigenvalue weighted by Crippen LogP contribution is -2.41. The smallest absolute Gasteiger partial charge is 0.339 e. The quantitative estimate of drug-likeness (QED) is 0.864. The molecule has 0 aliphatic carbocycles. The number of ether oxygens (including phenoxy) is 1. The monoisotopic (exact) mass is 349 g/mol. The van der Waals surface area contributed by atoms with Crippen molar-refractivity contribution in [3.8, 4) is 0 Å². The van der Waals surface area contributed by atoms with Crippen molar-refractivity contribution < 1.29 is 14.3 Å². The van der Waals surface area contributed by atoms with Crippen LogP contribution in [-0.4, -0.2) is 18.0 Å². The first kappa shape index (κ1) is 15.8. The van der Waals surface area contributed by atoms with Gasteiger partial charge in [-0.05, 0) is 29.3 Å². The molecule has 0 spiro atoms. The Balaban J connectivity index is 1.66. The number of rotatable bonds is 3. The lowest BCUT2D eigenvalue weighted by atomic mass is 9.98. The Hall–Kier alpha value is -2.04. The van der Waals surface area contributed by atoms with Crippen molar-refractivity contribution in [2.45, 2.75) is 19.1 Å². The topological polar surface area (TPSA) is 55.4 Å². The van der Waals surface area contributed by atoms with E-state index in [-0.39, 0.29) is 12.5 Å². The van der Waals surface area contributed by atoms with Crippen molar-refractivity contribution in [2.75, 3.05) is 0 Å². The van der Waals surface area contributed by atoms with E-state index in [1.165, 1.54) is 0 Å². The first-order chi connectivity index (χ1) is 11.0. The Kier molecular flexibility index (Phi) is 4.55. The highest BCUT2D eigenvalue weighted by molar-refractivity contribution is 6.35. The lowest BCUT2D eigenvalue weighted by molar-refractivity contribution is -0.130. The van der Waals surface area contributed by atoms with E-state index in [4.69, 9.17) is 27.9 Å². The Bertz CT molecular complexity index is 776. The standard InChI is InChI=1S/C17H13Cl2NO3/c18-12-6-5-11(14(19)8-12)9-20-16(21)15-7-10-3-1-2-4-13(10)17(22)23-15/h1-6,8,15H,7,9H2,(H,20,21). The number of halogens is 2. The van der Waals surface area contributed by atoms with E-state index in [1.807, 2.05) is 12.1 Å². The van der Waals surface area contributed by atoms with Gasteiger partial charge in [0.25, 0.3) is 5.91 Å². The third-order valence-electron chi connectivity index (χ3n) is 3.65. The summed E-state index contributed by atoms with van der Waals surface area (Å²) in [4.78, 5) is 24.2. The molecule has 2 aromatic rings. The molecule has 0 saturated heterocycles. The van der Waals surface area contributed by atoms with Crippen LogP contribution in [0.5, 0.6) is 0 Å². The van der Waals surface area contributed by atoms with Crippen LogP contribution < -0.4 is 5.32 Å². The number of hydrogen-bond acceptors (Lipinski definition) is 3. The molecular formula is C17H13Cl2NO3. The van der Waals surface area contributed by atoms with Crippen LogP contribution in [0.1, 0.15) is 21.5 Å². The number of carbonyl (C=O) groups is 2. The van der Waals surface area contributed by atoms with Crippen LogP contribution in [-0.2, 0) is 22.5 Å². The Morgan fingerprint density at radius 2 is 2.00 bits per heavy atom. The van der Waals surface area contributed by atoms with Crippen LogP contribution in [0.3, 0.4) is 0 Å². The molecule has 1 unspecified atom stereocenters. The maximum atomic E-state index is 12.2. The summed E-state index contributed by atoms with van der Waals surface area (Å²) in [5, 5.41) is 3.74. The lowest BCUT2D eigenvalue weighted by Gasteiger charge is -2.23. The highest BCUT2D eigenvalue weighted by atomic mass is 35.5. The maximum absolute atomic E-state index is 12.2. The summed E-state index contributed by atoms with van der Waals surface area (Å²) in [5.74, 6) is -0.824. The average molecular weight is 350 g/mol. The van der Waals surface area contributed by atoms with E-state index in [0.717, 1.165) is 11.1 Å². The van der Waals surface area contributed by atoms with Gasteiger partial charge in [0.15, 0.2) is 6.10 Å². The average Bonchev–Trinajstić information content (AvgIpc) is 2.53. The van der Waals surface area contributed by atoms with Crippen LogP contribution in [0.25, 0.3) is 0 Å². The van der Waals surface area contributed by atoms with Gasteiger partial charge in [-0.15, -0.1) is 0 Å². The van der Waals surface area contributed by atoms with E-state index < -0.39 is 12.1 Å². The number of esters is 1. The maximum Gasteiger partial charge on any atom is 0.339 e. The fraction of sp³-hybridized carbons (Fsp3) is 0.176. The number of benzene rings is 2. The van der Waals surface area contributed by atoms with Crippen molar-refractivity contribution in [1.82, 2.24) is 5.32 Å². The van der Waals surface area contributed by atoms with Crippen molar-refractivity contribution >= 4 is 35.1 Å². The molecular weight excluding hydrogens is 337 g/mol. The predicted molar refractivity (Wildman–Crippen MR) is 87.7 cm³/mol. The fourth-order valence-corrected chi connectivity index (χ4v) is 2.91. The minimum absolute atomic E-state index is 0.241. The zero-order valence-electron chi connectivity index (χ0n) is 12.0. The van der Waals surface area contributed by atoms with Gasteiger partial charge < -0.3 is 10.1 Å². The SMILES string of the molecule is O=C1OC(C(=O)NCc2ccc(Cl)cc2Cl)Cc2ccccc21. The van der Waals surface area contributed by atoms with Gasteiger partial charge >= 0.3 is 5.97 Å². The highest BCUT2D eigenvalue weighted by Gasteiger charge is 2.30. The minimum atomic E-state index is -0.830. The van der Waals surface area contributed by atoms with E-state index in [1.54, 1.807) is 30.3 Å². The number of fused-ring (bicyclic) bond motifs is 1. The summed E-state index contributed by atoms with van der Waals surface area (Å²) < 4.78 is 5.21. The molecule has 0 bridgehead atoms. The van der Waals surface area contributed by atoms with Crippen LogP contribution in [0.15, 0.2) is 42.5 Å². The third kappa shape index (κ3) is 3.49. The molecule has 2 aromatic carbocycles. The van der Waals surface area contributed by atoms with E-state index in [2.05, 4.69) is 5.32 Å². The summed E-state index contributed by atoms with van der Waals surface area (Å²) in [6.07, 6.45) is -0.467. The zero-order chi connectivity index (χ0) is 16.4. The molecule has 0 saturated carbocycles. The number of cyclic esters (lactones) is 1. The molecule has 118 valence electrons. The normalized spacial score (nSPS) is 16.4. The van der Waals surface area contributed by atoms with Gasteiger partial charge in [-0.25, -0.2) is 4.79 Å². The molecule has 1 atom stereocenters. The van der Waals surface area contributed by atoms with Crippen LogP contribution in [0, 0.1) is 0 Å². The van der Waals surface area contributed by atoms with E-state index >= 15 is 0 Å². The second kappa shape index (κ2) is 6.60. The van der Waals surface area contributed by atoms with Gasteiger partial charge in [0, 0.05) is 23.0 Å². The molecule has 1 heterocycles.